The highest BCUT2D eigenvalue weighted by molar-refractivity contribution is 5.71. The zero-order valence-electron chi connectivity index (χ0n) is 15.4. The SMILES string of the molecule is CC(C)(C)OC(=O)N(Cc1ccc(C=O)o1)[C@@H]1C[C@H]1c1ccc(F)c(F)c1. The van der Waals surface area contributed by atoms with Gasteiger partial charge in [0.2, 0.25) is 0 Å². The number of benzene rings is 1. The van der Waals surface area contributed by atoms with Crippen LogP contribution < -0.4 is 0 Å². The van der Waals surface area contributed by atoms with Gasteiger partial charge >= 0.3 is 6.09 Å². The molecule has 1 saturated carbocycles. The molecule has 0 spiro atoms. The molecule has 3 rings (SSSR count). The number of carbonyl (C=O) groups excluding carboxylic acids is 2. The highest BCUT2D eigenvalue weighted by atomic mass is 19.2. The first-order chi connectivity index (χ1) is 12.7. The molecule has 144 valence electrons. The first-order valence-electron chi connectivity index (χ1n) is 8.66. The van der Waals surface area contributed by atoms with Crippen LogP contribution in [0, 0.1) is 11.6 Å². The molecule has 1 aromatic carbocycles. The van der Waals surface area contributed by atoms with Crippen LogP contribution in [0.2, 0.25) is 0 Å². The molecule has 0 unspecified atom stereocenters. The lowest BCUT2D eigenvalue weighted by atomic mass is 10.1. The third kappa shape index (κ3) is 4.53. The standard InChI is InChI=1S/C20H21F2NO4/c1-20(2,3)27-19(25)23(10-13-5-6-14(11-24)26-13)18-9-15(18)12-4-7-16(21)17(22)8-12/h4-8,11,15,18H,9-10H2,1-3H3/t15-,18+/m0/s1. The molecule has 0 N–H and O–H groups in total. The Bertz CT molecular complexity index is 856. The first-order valence-corrected chi connectivity index (χ1v) is 8.66. The van der Waals surface area contributed by atoms with Crippen LogP contribution in [0.1, 0.15) is 55.0 Å². The fraction of sp³-hybridized carbons (Fsp3) is 0.400. The number of nitrogens with zero attached hydrogens (tertiary/aromatic N) is 1. The number of ether oxygens (including phenoxy) is 1. The summed E-state index contributed by atoms with van der Waals surface area (Å²) in [5.41, 5.74) is -0.0563. The normalized spacial score (nSPS) is 18.9. The molecule has 1 aliphatic rings. The van der Waals surface area contributed by atoms with Gasteiger partial charge in [-0.15, -0.1) is 0 Å². The fourth-order valence-electron chi connectivity index (χ4n) is 2.98. The predicted molar refractivity (Wildman–Crippen MR) is 93.4 cm³/mol. The second-order valence-electron chi connectivity index (χ2n) is 7.61. The van der Waals surface area contributed by atoms with Gasteiger partial charge in [-0.3, -0.25) is 9.69 Å². The lowest BCUT2D eigenvalue weighted by Crippen LogP contribution is -2.38. The molecule has 27 heavy (non-hydrogen) atoms. The van der Waals surface area contributed by atoms with Gasteiger partial charge in [-0.1, -0.05) is 6.07 Å². The minimum atomic E-state index is -0.913. The summed E-state index contributed by atoms with van der Waals surface area (Å²) in [6, 6.07) is 6.68. The number of hydrogen-bond acceptors (Lipinski definition) is 4. The van der Waals surface area contributed by atoms with E-state index in [0.29, 0.717) is 24.0 Å². The van der Waals surface area contributed by atoms with Gasteiger partial charge in [0.15, 0.2) is 23.7 Å². The van der Waals surface area contributed by atoms with Crippen LogP contribution in [0.5, 0.6) is 0 Å². The fourth-order valence-corrected chi connectivity index (χ4v) is 2.98. The number of hydrogen-bond donors (Lipinski definition) is 0. The molecular formula is C20H21F2NO4. The monoisotopic (exact) mass is 377 g/mol. The van der Waals surface area contributed by atoms with E-state index in [-0.39, 0.29) is 24.3 Å². The maximum absolute atomic E-state index is 13.5. The number of aldehydes is 1. The zero-order chi connectivity index (χ0) is 19.8. The summed E-state index contributed by atoms with van der Waals surface area (Å²) in [4.78, 5) is 25.0. The molecule has 2 atom stereocenters. The van der Waals surface area contributed by atoms with Gasteiger partial charge in [0.05, 0.1) is 6.54 Å². The largest absolute Gasteiger partial charge is 0.456 e. The second-order valence-corrected chi connectivity index (χ2v) is 7.61. The van der Waals surface area contributed by atoms with Crippen LogP contribution in [0.3, 0.4) is 0 Å². The van der Waals surface area contributed by atoms with E-state index in [1.165, 1.54) is 17.0 Å². The van der Waals surface area contributed by atoms with E-state index in [0.717, 1.165) is 12.1 Å². The van der Waals surface area contributed by atoms with E-state index in [4.69, 9.17) is 9.15 Å². The zero-order valence-corrected chi connectivity index (χ0v) is 15.4. The molecule has 1 amide bonds. The maximum Gasteiger partial charge on any atom is 0.410 e. The summed E-state index contributed by atoms with van der Waals surface area (Å²) >= 11 is 0. The highest BCUT2D eigenvalue weighted by Gasteiger charge is 2.46. The van der Waals surface area contributed by atoms with E-state index in [1.807, 2.05) is 0 Å². The lowest BCUT2D eigenvalue weighted by molar-refractivity contribution is 0.0199. The Kier molecular flexibility index (Phi) is 5.04. The molecule has 0 radical (unpaired) electrons. The summed E-state index contributed by atoms with van der Waals surface area (Å²) in [6.07, 6.45) is 0.662. The van der Waals surface area contributed by atoms with E-state index in [1.54, 1.807) is 26.8 Å². The molecular weight excluding hydrogens is 356 g/mol. The molecule has 0 saturated heterocycles. The van der Waals surface area contributed by atoms with Gasteiger partial charge in [-0.05, 0) is 57.0 Å². The topological polar surface area (TPSA) is 59.8 Å². The van der Waals surface area contributed by atoms with Gasteiger partial charge in [-0.25, -0.2) is 13.6 Å². The van der Waals surface area contributed by atoms with Crippen LogP contribution in [0.4, 0.5) is 13.6 Å². The van der Waals surface area contributed by atoms with Crippen molar-refractivity contribution in [1.82, 2.24) is 4.90 Å². The number of carbonyl (C=O) groups is 2. The van der Waals surface area contributed by atoms with Gasteiger partial charge in [0.1, 0.15) is 11.4 Å². The number of amides is 1. The van der Waals surface area contributed by atoms with Gasteiger partial charge < -0.3 is 9.15 Å². The maximum atomic E-state index is 13.5. The third-order valence-electron chi connectivity index (χ3n) is 4.28. The Morgan fingerprint density at radius 1 is 1.26 bits per heavy atom. The van der Waals surface area contributed by atoms with Crippen LogP contribution in [-0.4, -0.2) is 28.9 Å². The summed E-state index contributed by atoms with van der Waals surface area (Å²) in [5, 5.41) is 0. The molecule has 1 heterocycles. The van der Waals surface area contributed by atoms with Crippen molar-refractivity contribution in [2.45, 2.75) is 51.3 Å². The van der Waals surface area contributed by atoms with Crippen LogP contribution in [-0.2, 0) is 11.3 Å². The molecule has 7 heteroatoms. The van der Waals surface area contributed by atoms with Gasteiger partial charge in [-0.2, -0.15) is 0 Å². The lowest BCUT2D eigenvalue weighted by Gasteiger charge is -2.27. The van der Waals surface area contributed by atoms with Crippen molar-refractivity contribution in [3.05, 3.63) is 59.1 Å². The smallest absolute Gasteiger partial charge is 0.410 e. The van der Waals surface area contributed by atoms with E-state index in [9.17, 15) is 18.4 Å². The minimum Gasteiger partial charge on any atom is -0.456 e. The summed E-state index contributed by atoms with van der Waals surface area (Å²) in [5.74, 6) is -1.32. The van der Waals surface area contributed by atoms with Crippen LogP contribution in [0.15, 0.2) is 34.7 Å². The number of halogens is 2. The molecule has 1 aromatic heterocycles. The van der Waals surface area contributed by atoms with Crippen molar-refractivity contribution in [3.63, 3.8) is 0 Å². The van der Waals surface area contributed by atoms with E-state index >= 15 is 0 Å². The number of furan rings is 1. The summed E-state index contributed by atoms with van der Waals surface area (Å²) in [6.45, 7) is 5.41. The van der Waals surface area contributed by atoms with Crippen LogP contribution >= 0.6 is 0 Å². The average molecular weight is 377 g/mol. The van der Waals surface area contributed by atoms with Gasteiger partial charge in [0, 0.05) is 12.0 Å². The Balaban J connectivity index is 1.80. The van der Waals surface area contributed by atoms with Crippen molar-refractivity contribution >= 4 is 12.4 Å². The summed E-state index contributed by atoms with van der Waals surface area (Å²) < 4.78 is 37.6. The minimum absolute atomic E-state index is 0.117. The molecule has 1 fully saturated rings. The van der Waals surface area contributed by atoms with Crippen LogP contribution in [0.25, 0.3) is 0 Å². The Hall–Kier alpha value is -2.70. The number of rotatable bonds is 5. The molecule has 0 aliphatic heterocycles. The Morgan fingerprint density at radius 2 is 2.00 bits per heavy atom. The summed E-state index contributed by atoms with van der Waals surface area (Å²) in [7, 11) is 0. The van der Waals surface area contributed by atoms with Crippen molar-refractivity contribution in [2.24, 2.45) is 0 Å². The van der Waals surface area contributed by atoms with E-state index in [2.05, 4.69) is 0 Å². The van der Waals surface area contributed by atoms with Crippen molar-refractivity contribution in [1.29, 1.82) is 0 Å². The highest BCUT2D eigenvalue weighted by Crippen LogP contribution is 2.46. The Labute approximate surface area is 155 Å². The van der Waals surface area contributed by atoms with Crippen molar-refractivity contribution in [3.8, 4) is 0 Å². The average Bonchev–Trinajstić information content (AvgIpc) is 3.23. The molecule has 0 bridgehead atoms. The van der Waals surface area contributed by atoms with E-state index < -0.39 is 23.3 Å². The predicted octanol–water partition coefficient (Wildman–Crippen LogP) is 4.66. The third-order valence-corrected chi connectivity index (χ3v) is 4.28. The molecule has 2 aromatic rings. The second kappa shape index (κ2) is 7.13. The quantitative estimate of drug-likeness (QED) is 0.711. The van der Waals surface area contributed by atoms with Crippen molar-refractivity contribution < 1.29 is 27.5 Å². The van der Waals surface area contributed by atoms with Gasteiger partial charge in [0.25, 0.3) is 0 Å². The first kappa shape index (κ1) is 19.1. The molecule has 1 aliphatic carbocycles. The molecule has 5 nitrogen and oxygen atoms in total. The van der Waals surface area contributed by atoms with Crippen molar-refractivity contribution in [2.75, 3.05) is 0 Å². The Morgan fingerprint density at radius 3 is 2.59 bits per heavy atom.